The molecule has 2 aromatic carbocycles. The van der Waals surface area contributed by atoms with E-state index in [0.29, 0.717) is 0 Å². The molecule has 18 heavy (non-hydrogen) atoms. The van der Waals surface area contributed by atoms with Crippen molar-refractivity contribution >= 4 is 5.69 Å². The molecule has 0 aliphatic heterocycles. The van der Waals surface area contributed by atoms with E-state index in [0.717, 1.165) is 16.8 Å². The van der Waals surface area contributed by atoms with Crippen molar-refractivity contribution in [3.8, 4) is 11.8 Å². The maximum absolute atomic E-state index is 3.26. The van der Waals surface area contributed by atoms with E-state index in [1.54, 1.807) is 0 Å². The highest BCUT2D eigenvalue weighted by Gasteiger charge is 2.01. The molecule has 0 spiro atoms. The van der Waals surface area contributed by atoms with Gasteiger partial charge >= 0.3 is 0 Å². The molecule has 0 radical (unpaired) electrons. The first-order valence-corrected chi connectivity index (χ1v) is 6.02. The van der Waals surface area contributed by atoms with Gasteiger partial charge in [-0.15, -0.1) is 0 Å². The van der Waals surface area contributed by atoms with Crippen molar-refractivity contribution < 1.29 is 0 Å². The van der Waals surface area contributed by atoms with Crippen LogP contribution in [0, 0.1) is 18.8 Å². The fraction of sp³-hybridized carbons (Fsp3) is 0.176. The smallest absolute Gasteiger partial charge is 0.0520 e. The second-order valence-corrected chi connectivity index (χ2v) is 4.53. The number of benzene rings is 2. The fourth-order valence-corrected chi connectivity index (χ4v) is 1.80. The molecule has 0 amide bonds. The van der Waals surface area contributed by atoms with Gasteiger partial charge in [-0.05, 0) is 36.8 Å². The summed E-state index contributed by atoms with van der Waals surface area (Å²) in [6, 6.07) is 16.4. The molecule has 1 heteroatoms. The van der Waals surface area contributed by atoms with E-state index in [-0.39, 0.29) is 0 Å². The number of nitrogens with zero attached hydrogens (tertiary/aromatic N) is 1. The lowest BCUT2D eigenvalue weighted by atomic mass is 10.1. The van der Waals surface area contributed by atoms with E-state index in [1.807, 2.05) is 44.4 Å². The van der Waals surface area contributed by atoms with Gasteiger partial charge in [0, 0.05) is 25.2 Å². The molecule has 0 atom stereocenters. The van der Waals surface area contributed by atoms with E-state index in [2.05, 4.69) is 41.9 Å². The Balaban J connectivity index is 2.40. The molecule has 0 fully saturated rings. The molecule has 0 aliphatic carbocycles. The number of anilines is 1. The van der Waals surface area contributed by atoms with Crippen LogP contribution in [0.1, 0.15) is 16.7 Å². The molecule has 0 saturated carbocycles. The van der Waals surface area contributed by atoms with Crippen LogP contribution in [0.3, 0.4) is 0 Å². The first kappa shape index (κ1) is 12.3. The van der Waals surface area contributed by atoms with Gasteiger partial charge in [0.15, 0.2) is 0 Å². The van der Waals surface area contributed by atoms with Crippen molar-refractivity contribution in [1.29, 1.82) is 0 Å². The molecular formula is C17H17N. The Morgan fingerprint density at radius 3 is 2.28 bits per heavy atom. The molecule has 90 valence electrons. The van der Waals surface area contributed by atoms with Crippen molar-refractivity contribution in [2.24, 2.45) is 0 Å². The Hall–Kier alpha value is -2.20. The van der Waals surface area contributed by atoms with Gasteiger partial charge in [-0.3, -0.25) is 0 Å². The summed E-state index contributed by atoms with van der Waals surface area (Å²) < 4.78 is 0. The number of hydrogen-bond acceptors (Lipinski definition) is 1. The zero-order valence-electron chi connectivity index (χ0n) is 11.1. The monoisotopic (exact) mass is 235 g/mol. The third-order valence-electron chi connectivity index (χ3n) is 2.75. The number of hydrogen-bond donors (Lipinski definition) is 0. The molecule has 2 aromatic rings. The zero-order valence-corrected chi connectivity index (χ0v) is 11.1. The quantitative estimate of drug-likeness (QED) is 0.684. The standard InChI is InChI=1S/C17H17N/c1-14-9-12-17(18(2)3)16(13-14)11-10-15-7-5-4-6-8-15/h4-9,12-13H,1-3H3. The van der Waals surface area contributed by atoms with Gasteiger partial charge in [0.2, 0.25) is 0 Å². The lowest BCUT2D eigenvalue weighted by Gasteiger charge is -2.14. The highest BCUT2D eigenvalue weighted by atomic mass is 15.1. The molecule has 0 N–H and O–H groups in total. The lowest BCUT2D eigenvalue weighted by molar-refractivity contribution is 1.12. The second kappa shape index (κ2) is 5.42. The topological polar surface area (TPSA) is 3.24 Å². The number of rotatable bonds is 1. The van der Waals surface area contributed by atoms with Crippen LogP contribution in [0.2, 0.25) is 0 Å². The van der Waals surface area contributed by atoms with Gasteiger partial charge in [0.1, 0.15) is 0 Å². The van der Waals surface area contributed by atoms with Gasteiger partial charge in [0.25, 0.3) is 0 Å². The van der Waals surface area contributed by atoms with Crippen LogP contribution in [0.15, 0.2) is 48.5 Å². The SMILES string of the molecule is Cc1ccc(N(C)C)c(C#Cc2ccccc2)c1. The van der Waals surface area contributed by atoms with E-state index >= 15 is 0 Å². The van der Waals surface area contributed by atoms with Crippen LogP contribution >= 0.6 is 0 Å². The van der Waals surface area contributed by atoms with Gasteiger partial charge in [-0.2, -0.15) is 0 Å². The van der Waals surface area contributed by atoms with Crippen molar-refractivity contribution in [1.82, 2.24) is 0 Å². The normalized spacial score (nSPS) is 9.50. The maximum atomic E-state index is 3.26. The Labute approximate surface area is 109 Å². The predicted molar refractivity (Wildman–Crippen MR) is 77.9 cm³/mol. The Bertz CT molecular complexity index is 586. The molecule has 0 aromatic heterocycles. The molecule has 0 saturated heterocycles. The van der Waals surface area contributed by atoms with Crippen molar-refractivity contribution in [3.05, 3.63) is 65.2 Å². The fourth-order valence-electron chi connectivity index (χ4n) is 1.80. The molecule has 0 aliphatic rings. The summed E-state index contributed by atoms with van der Waals surface area (Å²) in [5.41, 5.74) is 4.51. The number of aryl methyl sites for hydroxylation is 1. The third kappa shape index (κ3) is 2.93. The summed E-state index contributed by atoms with van der Waals surface area (Å²) in [4.78, 5) is 2.09. The van der Waals surface area contributed by atoms with Crippen LogP contribution in [-0.4, -0.2) is 14.1 Å². The molecule has 0 unspecified atom stereocenters. The second-order valence-electron chi connectivity index (χ2n) is 4.53. The average Bonchev–Trinajstić information content (AvgIpc) is 2.37. The zero-order chi connectivity index (χ0) is 13.0. The van der Waals surface area contributed by atoms with Crippen molar-refractivity contribution in [2.45, 2.75) is 6.92 Å². The summed E-state index contributed by atoms with van der Waals surface area (Å²) in [5, 5.41) is 0. The minimum Gasteiger partial charge on any atom is -0.377 e. The van der Waals surface area contributed by atoms with Crippen LogP contribution < -0.4 is 4.90 Å². The highest BCUT2D eigenvalue weighted by Crippen LogP contribution is 2.19. The van der Waals surface area contributed by atoms with E-state index < -0.39 is 0 Å². The third-order valence-corrected chi connectivity index (χ3v) is 2.75. The van der Waals surface area contributed by atoms with Crippen molar-refractivity contribution in [2.75, 3.05) is 19.0 Å². The first-order chi connectivity index (χ1) is 8.66. The molecule has 2 rings (SSSR count). The Morgan fingerprint density at radius 1 is 0.889 bits per heavy atom. The summed E-state index contributed by atoms with van der Waals surface area (Å²) in [5.74, 6) is 6.47. The van der Waals surface area contributed by atoms with E-state index in [1.165, 1.54) is 5.56 Å². The van der Waals surface area contributed by atoms with Crippen LogP contribution in [-0.2, 0) is 0 Å². The van der Waals surface area contributed by atoms with E-state index in [4.69, 9.17) is 0 Å². The lowest BCUT2D eigenvalue weighted by Crippen LogP contribution is -2.10. The molecule has 0 heterocycles. The van der Waals surface area contributed by atoms with Crippen LogP contribution in [0.25, 0.3) is 0 Å². The Kier molecular flexibility index (Phi) is 3.69. The summed E-state index contributed by atoms with van der Waals surface area (Å²) in [6.45, 7) is 2.09. The maximum Gasteiger partial charge on any atom is 0.0520 e. The Morgan fingerprint density at radius 2 is 1.61 bits per heavy atom. The minimum absolute atomic E-state index is 1.05. The minimum atomic E-state index is 1.05. The van der Waals surface area contributed by atoms with Crippen LogP contribution in [0.4, 0.5) is 5.69 Å². The molecule has 1 nitrogen and oxygen atoms in total. The largest absolute Gasteiger partial charge is 0.377 e. The predicted octanol–water partition coefficient (Wildman–Crippen LogP) is 3.46. The summed E-state index contributed by atoms with van der Waals surface area (Å²) in [7, 11) is 4.08. The van der Waals surface area contributed by atoms with Gasteiger partial charge in [-0.1, -0.05) is 36.1 Å². The molecular weight excluding hydrogens is 218 g/mol. The van der Waals surface area contributed by atoms with E-state index in [9.17, 15) is 0 Å². The summed E-state index contributed by atoms with van der Waals surface area (Å²) >= 11 is 0. The van der Waals surface area contributed by atoms with Crippen molar-refractivity contribution in [3.63, 3.8) is 0 Å². The van der Waals surface area contributed by atoms with Gasteiger partial charge in [0.05, 0.1) is 5.69 Å². The average molecular weight is 235 g/mol. The van der Waals surface area contributed by atoms with Gasteiger partial charge in [-0.25, -0.2) is 0 Å². The van der Waals surface area contributed by atoms with Gasteiger partial charge < -0.3 is 4.90 Å². The first-order valence-electron chi connectivity index (χ1n) is 6.02. The van der Waals surface area contributed by atoms with Crippen LogP contribution in [0.5, 0.6) is 0 Å². The molecule has 0 bridgehead atoms. The highest BCUT2D eigenvalue weighted by molar-refractivity contribution is 5.62. The summed E-state index contributed by atoms with van der Waals surface area (Å²) in [6.07, 6.45) is 0.